The summed E-state index contributed by atoms with van der Waals surface area (Å²) in [5.74, 6) is 0. The molecule has 1 aromatic rings. The van der Waals surface area contributed by atoms with Crippen LogP contribution in [0, 0.1) is 13.8 Å². The maximum Gasteiger partial charge on any atom is 0.322 e. The zero-order valence-corrected chi connectivity index (χ0v) is 14.9. The number of likely N-dealkylation sites (tertiary alicyclic amines) is 1. The molecule has 2 amide bonds. The molecule has 1 fully saturated rings. The Hall–Kier alpha value is -1.56. The van der Waals surface area contributed by atoms with Crippen molar-refractivity contribution in [3.05, 3.63) is 11.4 Å². The summed E-state index contributed by atoms with van der Waals surface area (Å²) in [6.45, 7) is 11.3. The molecule has 0 radical (unpaired) electrons. The van der Waals surface area contributed by atoms with Gasteiger partial charge in [-0.2, -0.15) is 5.10 Å². The molecule has 1 atom stereocenters. The van der Waals surface area contributed by atoms with E-state index in [-0.39, 0.29) is 12.1 Å². The van der Waals surface area contributed by atoms with Gasteiger partial charge in [0.2, 0.25) is 0 Å². The van der Waals surface area contributed by atoms with Crippen LogP contribution < -0.4 is 5.32 Å². The largest absolute Gasteiger partial charge is 0.376 e. The van der Waals surface area contributed by atoms with Crippen LogP contribution in [0.3, 0.4) is 0 Å². The van der Waals surface area contributed by atoms with Crippen LogP contribution in [0.2, 0.25) is 0 Å². The minimum Gasteiger partial charge on any atom is -0.376 e. The molecule has 1 aromatic heterocycles. The summed E-state index contributed by atoms with van der Waals surface area (Å²) in [5.41, 5.74) is 2.74. The number of urea groups is 1. The SMILES string of the molecule is CCCO[C@H]1CCCN(C(=O)Nc2c(C)nn(CCC)c2C)C1. The van der Waals surface area contributed by atoms with Gasteiger partial charge in [-0.15, -0.1) is 0 Å². The number of hydrogen-bond donors (Lipinski definition) is 1. The number of piperidine rings is 1. The van der Waals surface area contributed by atoms with Crippen LogP contribution in [0.1, 0.15) is 50.9 Å². The molecule has 0 bridgehead atoms. The van der Waals surface area contributed by atoms with Crippen molar-refractivity contribution in [1.82, 2.24) is 14.7 Å². The monoisotopic (exact) mass is 322 g/mol. The summed E-state index contributed by atoms with van der Waals surface area (Å²) >= 11 is 0. The zero-order chi connectivity index (χ0) is 16.8. The molecule has 23 heavy (non-hydrogen) atoms. The molecule has 6 nitrogen and oxygen atoms in total. The Morgan fingerprint density at radius 3 is 2.83 bits per heavy atom. The molecule has 2 heterocycles. The molecule has 1 aliphatic rings. The minimum atomic E-state index is -0.0444. The van der Waals surface area contributed by atoms with Gasteiger partial charge in [-0.05, 0) is 39.5 Å². The fraction of sp³-hybridized carbons (Fsp3) is 0.765. The number of hydrogen-bond acceptors (Lipinski definition) is 3. The summed E-state index contributed by atoms with van der Waals surface area (Å²) in [6.07, 6.45) is 4.24. The fourth-order valence-corrected chi connectivity index (χ4v) is 3.04. The maximum atomic E-state index is 12.6. The molecule has 0 saturated carbocycles. The van der Waals surface area contributed by atoms with Crippen molar-refractivity contribution in [2.75, 3.05) is 25.0 Å². The molecule has 6 heteroatoms. The molecule has 2 rings (SSSR count). The summed E-state index contributed by atoms with van der Waals surface area (Å²) in [5, 5.41) is 7.56. The predicted octanol–water partition coefficient (Wildman–Crippen LogP) is 3.33. The zero-order valence-electron chi connectivity index (χ0n) is 14.9. The van der Waals surface area contributed by atoms with E-state index in [0.717, 1.165) is 62.5 Å². The van der Waals surface area contributed by atoms with Gasteiger partial charge in [-0.25, -0.2) is 4.79 Å². The van der Waals surface area contributed by atoms with Crippen molar-refractivity contribution in [3.63, 3.8) is 0 Å². The highest BCUT2D eigenvalue weighted by molar-refractivity contribution is 5.90. The Bertz CT molecular complexity index is 527. The fourth-order valence-electron chi connectivity index (χ4n) is 3.04. The van der Waals surface area contributed by atoms with Crippen LogP contribution in [0.15, 0.2) is 0 Å². The topological polar surface area (TPSA) is 59.4 Å². The van der Waals surface area contributed by atoms with E-state index in [1.807, 2.05) is 23.4 Å². The molecule has 1 aliphatic heterocycles. The van der Waals surface area contributed by atoms with Crippen LogP contribution in [-0.4, -0.2) is 46.5 Å². The van der Waals surface area contributed by atoms with Crippen LogP contribution in [0.5, 0.6) is 0 Å². The first kappa shape index (κ1) is 17.8. The van der Waals surface area contributed by atoms with Gasteiger partial charge >= 0.3 is 6.03 Å². The average Bonchev–Trinajstić information content (AvgIpc) is 2.81. The lowest BCUT2D eigenvalue weighted by atomic mass is 10.1. The third kappa shape index (κ3) is 4.47. The van der Waals surface area contributed by atoms with E-state index in [9.17, 15) is 4.79 Å². The summed E-state index contributed by atoms with van der Waals surface area (Å²) in [7, 11) is 0. The second-order valence-electron chi connectivity index (χ2n) is 6.28. The number of nitrogens with one attached hydrogen (secondary N) is 1. The molecule has 1 saturated heterocycles. The molecule has 130 valence electrons. The maximum absolute atomic E-state index is 12.6. The number of rotatable bonds is 6. The van der Waals surface area contributed by atoms with Gasteiger partial charge in [-0.3, -0.25) is 4.68 Å². The van der Waals surface area contributed by atoms with E-state index in [2.05, 4.69) is 24.3 Å². The predicted molar refractivity (Wildman–Crippen MR) is 91.8 cm³/mol. The summed E-state index contributed by atoms with van der Waals surface area (Å²) in [4.78, 5) is 14.4. The molecule has 1 N–H and O–H groups in total. The molecule has 0 aliphatic carbocycles. The second-order valence-corrected chi connectivity index (χ2v) is 6.28. The number of amides is 2. The van der Waals surface area contributed by atoms with Gasteiger partial charge in [0.05, 0.1) is 23.2 Å². The van der Waals surface area contributed by atoms with Crippen molar-refractivity contribution >= 4 is 11.7 Å². The molecule has 0 spiro atoms. The van der Waals surface area contributed by atoms with Crippen LogP contribution in [0.4, 0.5) is 10.5 Å². The number of aromatic nitrogens is 2. The third-order valence-corrected chi connectivity index (χ3v) is 4.27. The number of anilines is 1. The van der Waals surface area contributed by atoms with Crippen LogP contribution in [0.25, 0.3) is 0 Å². The molecule has 0 aromatic carbocycles. The van der Waals surface area contributed by atoms with E-state index in [1.165, 1.54) is 0 Å². The van der Waals surface area contributed by atoms with Crippen molar-refractivity contribution < 1.29 is 9.53 Å². The Kier molecular flexibility index (Phi) is 6.45. The van der Waals surface area contributed by atoms with Gasteiger partial charge in [0.25, 0.3) is 0 Å². The normalized spacial score (nSPS) is 18.3. The van der Waals surface area contributed by atoms with E-state index in [1.54, 1.807) is 0 Å². The van der Waals surface area contributed by atoms with Gasteiger partial charge in [0, 0.05) is 26.2 Å². The Labute approximate surface area is 139 Å². The molecular weight excluding hydrogens is 292 g/mol. The molecular formula is C17H30N4O2. The van der Waals surface area contributed by atoms with Gasteiger partial charge < -0.3 is 15.0 Å². The van der Waals surface area contributed by atoms with E-state index >= 15 is 0 Å². The number of aryl methyl sites for hydroxylation is 2. The van der Waals surface area contributed by atoms with Gasteiger partial charge in [0.15, 0.2) is 0 Å². The number of nitrogens with zero attached hydrogens (tertiary/aromatic N) is 3. The van der Waals surface area contributed by atoms with Crippen molar-refractivity contribution in [3.8, 4) is 0 Å². The Balaban J connectivity index is 1.98. The quantitative estimate of drug-likeness (QED) is 0.874. The van der Waals surface area contributed by atoms with Crippen molar-refractivity contribution in [1.29, 1.82) is 0 Å². The van der Waals surface area contributed by atoms with Crippen LogP contribution >= 0.6 is 0 Å². The smallest absolute Gasteiger partial charge is 0.322 e. The van der Waals surface area contributed by atoms with Crippen molar-refractivity contribution in [2.24, 2.45) is 0 Å². The minimum absolute atomic E-state index is 0.0444. The lowest BCUT2D eigenvalue weighted by molar-refractivity contribution is 0.0115. The first-order valence-corrected chi connectivity index (χ1v) is 8.78. The summed E-state index contributed by atoms with van der Waals surface area (Å²) in [6, 6.07) is -0.0444. The first-order chi connectivity index (χ1) is 11.1. The lowest BCUT2D eigenvalue weighted by Crippen LogP contribution is -2.45. The average molecular weight is 322 g/mol. The van der Waals surface area contributed by atoms with Gasteiger partial charge in [-0.1, -0.05) is 13.8 Å². The Morgan fingerprint density at radius 2 is 2.13 bits per heavy atom. The standard InChI is InChI=1S/C17H30N4O2/c1-5-9-21-14(4)16(13(3)19-21)18-17(22)20-10-7-8-15(12-20)23-11-6-2/h15H,5-12H2,1-4H3,(H,18,22)/t15-/m0/s1. The van der Waals surface area contributed by atoms with E-state index < -0.39 is 0 Å². The second kappa shape index (κ2) is 8.34. The van der Waals surface area contributed by atoms with Gasteiger partial charge in [0.1, 0.15) is 0 Å². The first-order valence-electron chi connectivity index (χ1n) is 8.78. The molecule has 0 unspecified atom stereocenters. The highest BCUT2D eigenvalue weighted by Gasteiger charge is 2.25. The Morgan fingerprint density at radius 1 is 1.35 bits per heavy atom. The van der Waals surface area contributed by atoms with E-state index in [4.69, 9.17) is 4.74 Å². The summed E-state index contributed by atoms with van der Waals surface area (Å²) < 4.78 is 7.77. The van der Waals surface area contributed by atoms with E-state index in [0.29, 0.717) is 6.54 Å². The lowest BCUT2D eigenvalue weighted by Gasteiger charge is -2.32. The third-order valence-electron chi connectivity index (χ3n) is 4.27. The number of carbonyl (C=O) groups is 1. The number of ether oxygens (including phenoxy) is 1. The number of carbonyl (C=O) groups excluding carboxylic acids is 1. The highest BCUT2D eigenvalue weighted by atomic mass is 16.5. The van der Waals surface area contributed by atoms with Crippen LogP contribution in [-0.2, 0) is 11.3 Å². The van der Waals surface area contributed by atoms with Crippen molar-refractivity contribution in [2.45, 2.75) is 66.0 Å². The highest BCUT2D eigenvalue weighted by Crippen LogP contribution is 2.21.